The number of nitrogens with zero attached hydrogens (tertiary/aromatic N) is 1. The van der Waals surface area contributed by atoms with Gasteiger partial charge < -0.3 is 0 Å². The maximum Gasteiger partial charge on any atom is 0.0679 e. The molecule has 0 fully saturated rings. The number of hydrogen-bond donors (Lipinski definition) is 0. The lowest BCUT2D eigenvalue weighted by Crippen LogP contribution is -2.04. The van der Waals surface area contributed by atoms with Crippen LogP contribution in [0, 0.1) is 5.92 Å². The van der Waals surface area contributed by atoms with E-state index in [-0.39, 0.29) is 0 Å². The van der Waals surface area contributed by atoms with E-state index in [0.717, 1.165) is 10.7 Å². The lowest BCUT2D eigenvalue weighted by molar-refractivity contribution is 0.617. The Morgan fingerprint density at radius 1 is 1.38 bits per heavy atom. The summed E-state index contributed by atoms with van der Waals surface area (Å²) in [5.74, 6) is 1.07. The fourth-order valence-corrected chi connectivity index (χ4v) is 1.85. The Hall–Kier alpha value is -0.820. The zero-order chi connectivity index (χ0) is 9.42. The lowest BCUT2D eigenvalue weighted by Gasteiger charge is -2.12. The molecule has 2 rings (SSSR count). The van der Waals surface area contributed by atoms with Crippen LogP contribution in [0.2, 0.25) is 5.02 Å². The van der Waals surface area contributed by atoms with E-state index in [1.54, 1.807) is 0 Å². The molecule has 0 spiro atoms. The minimum Gasteiger partial charge on any atom is -0.260 e. The van der Waals surface area contributed by atoms with Crippen LogP contribution in [0.15, 0.2) is 23.2 Å². The van der Waals surface area contributed by atoms with Gasteiger partial charge in [-0.3, -0.25) is 4.99 Å². The van der Waals surface area contributed by atoms with E-state index in [9.17, 15) is 0 Å². The standard InChI is InChI=1S/C11H12ClN/c1-7(2)10-6-13-11-5-8(12)3-4-9(10)11/h3-7,10H,1-2H3. The second-order valence-corrected chi connectivity index (χ2v) is 4.19. The molecule has 0 saturated carbocycles. The molecule has 1 heterocycles. The zero-order valence-corrected chi connectivity index (χ0v) is 8.55. The van der Waals surface area contributed by atoms with Gasteiger partial charge in [0.1, 0.15) is 0 Å². The highest BCUT2D eigenvalue weighted by Gasteiger charge is 2.21. The summed E-state index contributed by atoms with van der Waals surface area (Å²) < 4.78 is 0. The molecule has 0 N–H and O–H groups in total. The van der Waals surface area contributed by atoms with Crippen LogP contribution in [0.5, 0.6) is 0 Å². The molecule has 1 aromatic carbocycles. The fourth-order valence-electron chi connectivity index (χ4n) is 1.68. The van der Waals surface area contributed by atoms with Gasteiger partial charge in [0, 0.05) is 17.2 Å². The van der Waals surface area contributed by atoms with Crippen LogP contribution >= 0.6 is 11.6 Å². The van der Waals surface area contributed by atoms with Gasteiger partial charge in [0.25, 0.3) is 0 Å². The third-order valence-corrected chi connectivity index (χ3v) is 2.68. The molecule has 0 aliphatic carbocycles. The summed E-state index contributed by atoms with van der Waals surface area (Å²) in [5, 5.41) is 0.764. The summed E-state index contributed by atoms with van der Waals surface area (Å²) in [7, 11) is 0. The van der Waals surface area contributed by atoms with Crippen LogP contribution in [-0.2, 0) is 0 Å². The van der Waals surface area contributed by atoms with Gasteiger partial charge in [-0.25, -0.2) is 0 Å². The summed E-state index contributed by atoms with van der Waals surface area (Å²) in [4.78, 5) is 4.35. The van der Waals surface area contributed by atoms with Crippen molar-refractivity contribution in [1.29, 1.82) is 0 Å². The third kappa shape index (κ3) is 1.49. The van der Waals surface area contributed by atoms with Gasteiger partial charge in [-0.1, -0.05) is 31.5 Å². The van der Waals surface area contributed by atoms with Crippen LogP contribution in [-0.4, -0.2) is 6.21 Å². The SMILES string of the molecule is CC(C)C1C=Nc2cc(Cl)ccc21. The molecule has 0 amide bonds. The van der Waals surface area contributed by atoms with Crippen LogP contribution in [0.25, 0.3) is 0 Å². The van der Waals surface area contributed by atoms with Crippen LogP contribution < -0.4 is 0 Å². The second-order valence-electron chi connectivity index (χ2n) is 3.75. The summed E-state index contributed by atoms with van der Waals surface area (Å²) >= 11 is 5.88. The van der Waals surface area contributed by atoms with Crippen molar-refractivity contribution in [2.75, 3.05) is 0 Å². The molecule has 1 aromatic rings. The molecule has 0 saturated heterocycles. The molecule has 1 atom stereocenters. The van der Waals surface area contributed by atoms with Crippen molar-refractivity contribution < 1.29 is 0 Å². The molecule has 2 heteroatoms. The van der Waals surface area contributed by atoms with Crippen molar-refractivity contribution in [2.24, 2.45) is 10.9 Å². The maximum absolute atomic E-state index is 5.88. The minimum atomic E-state index is 0.465. The van der Waals surface area contributed by atoms with Crippen LogP contribution in [0.4, 0.5) is 5.69 Å². The van der Waals surface area contributed by atoms with Crippen molar-refractivity contribution >= 4 is 23.5 Å². The quantitative estimate of drug-likeness (QED) is 0.644. The highest BCUT2D eigenvalue weighted by atomic mass is 35.5. The van der Waals surface area contributed by atoms with E-state index >= 15 is 0 Å². The molecule has 0 bridgehead atoms. The second kappa shape index (κ2) is 3.15. The highest BCUT2D eigenvalue weighted by Crippen LogP contribution is 2.37. The summed E-state index contributed by atoms with van der Waals surface area (Å²) in [6.07, 6.45) is 2.02. The third-order valence-electron chi connectivity index (χ3n) is 2.44. The van der Waals surface area contributed by atoms with Gasteiger partial charge in [-0.05, 0) is 23.6 Å². The van der Waals surface area contributed by atoms with Crippen molar-refractivity contribution in [3.8, 4) is 0 Å². The average Bonchev–Trinajstić information content (AvgIpc) is 2.46. The van der Waals surface area contributed by atoms with Crippen molar-refractivity contribution in [3.05, 3.63) is 28.8 Å². The molecule has 1 unspecified atom stereocenters. The lowest BCUT2D eigenvalue weighted by atomic mass is 9.90. The Bertz CT molecular complexity index is 355. The van der Waals surface area contributed by atoms with E-state index in [0.29, 0.717) is 11.8 Å². The van der Waals surface area contributed by atoms with Gasteiger partial charge >= 0.3 is 0 Å². The number of fused-ring (bicyclic) bond motifs is 1. The maximum atomic E-state index is 5.88. The summed E-state index contributed by atoms with van der Waals surface area (Å²) in [6, 6.07) is 5.94. The Morgan fingerprint density at radius 3 is 2.85 bits per heavy atom. The highest BCUT2D eigenvalue weighted by molar-refractivity contribution is 6.30. The Morgan fingerprint density at radius 2 is 2.15 bits per heavy atom. The molecule has 1 aliphatic heterocycles. The molecule has 1 aliphatic rings. The van der Waals surface area contributed by atoms with Gasteiger partial charge in [-0.2, -0.15) is 0 Å². The van der Waals surface area contributed by atoms with Gasteiger partial charge in [0.15, 0.2) is 0 Å². The van der Waals surface area contributed by atoms with Gasteiger partial charge in [0.2, 0.25) is 0 Å². The molecular formula is C11H12ClN. The monoisotopic (exact) mass is 193 g/mol. The van der Waals surface area contributed by atoms with Gasteiger partial charge in [0.05, 0.1) is 5.69 Å². The smallest absolute Gasteiger partial charge is 0.0679 e. The average molecular weight is 194 g/mol. The Labute approximate surface area is 83.4 Å². The van der Waals surface area contributed by atoms with E-state index < -0.39 is 0 Å². The van der Waals surface area contributed by atoms with Crippen LogP contribution in [0.3, 0.4) is 0 Å². The van der Waals surface area contributed by atoms with Crippen molar-refractivity contribution in [1.82, 2.24) is 0 Å². The predicted octanol–water partition coefficient (Wildman–Crippen LogP) is 3.80. The fraction of sp³-hybridized carbons (Fsp3) is 0.364. The number of aliphatic imine (C=N–C) groups is 1. The molecule has 13 heavy (non-hydrogen) atoms. The largest absolute Gasteiger partial charge is 0.260 e. The first-order chi connectivity index (χ1) is 6.18. The topological polar surface area (TPSA) is 12.4 Å². The molecular weight excluding hydrogens is 182 g/mol. The number of halogens is 1. The zero-order valence-electron chi connectivity index (χ0n) is 7.79. The number of rotatable bonds is 1. The number of hydrogen-bond acceptors (Lipinski definition) is 1. The van der Waals surface area contributed by atoms with Crippen LogP contribution in [0.1, 0.15) is 25.3 Å². The van der Waals surface area contributed by atoms with Crippen molar-refractivity contribution in [3.63, 3.8) is 0 Å². The molecule has 0 radical (unpaired) electrons. The Kier molecular flexibility index (Phi) is 2.12. The minimum absolute atomic E-state index is 0.465. The Balaban J connectivity index is 2.44. The predicted molar refractivity (Wildman–Crippen MR) is 57.2 cm³/mol. The van der Waals surface area contributed by atoms with E-state index in [1.165, 1.54) is 5.56 Å². The van der Waals surface area contributed by atoms with E-state index in [1.807, 2.05) is 18.3 Å². The first-order valence-corrected chi connectivity index (χ1v) is 4.90. The first-order valence-electron chi connectivity index (χ1n) is 4.52. The molecule has 68 valence electrons. The van der Waals surface area contributed by atoms with Crippen molar-refractivity contribution in [2.45, 2.75) is 19.8 Å². The number of benzene rings is 1. The van der Waals surface area contributed by atoms with E-state index in [4.69, 9.17) is 11.6 Å². The molecule has 0 aromatic heterocycles. The normalized spacial score (nSPS) is 19.5. The molecule has 1 nitrogen and oxygen atoms in total. The van der Waals surface area contributed by atoms with E-state index in [2.05, 4.69) is 24.9 Å². The van der Waals surface area contributed by atoms with Gasteiger partial charge in [-0.15, -0.1) is 0 Å². The summed E-state index contributed by atoms with van der Waals surface area (Å²) in [6.45, 7) is 4.42. The summed E-state index contributed by atoms with van der Waals surface area (Å²) in [5.41, 5.74) is 2.34. The first kappa shape index (κ1) is 8.76.